The summed E-state index contributed by atoms with van der Waals surface area (Å²) in [5.74, 6) is -5.06. The van der Waals surface area contributed by atoms with Crippen LogP contribution >= 0.6 is 22.7 Å². The Bertz CT molecular complexity index is 3620. The van der Waals surface area contributed by atoms with E-state index in [1.807, 2.05) is 121 Å². The van der Waals surface area contributed by atoms with E-state index in [0.29, 0.717) is 32.8 Å². The fourth-order valence-corrected chi connectivity index (χ4v) is 12.7. The molecule has 3 unspecified atom stereocenters. The molecule has 3 atom stereocenters. The fraction of sp³-hybridized carbons (Fsp3) is 0.197. The van der Waals surface area contributed by atoms with E-state index in [1.54, 1.807) is 74.9 Å². The maximum absolute atomic E-state index is 14.9. The molecular weight excluding hydrogens is 1080 g/mol. The van der Waals surface area contributed by atoms with Gasteiger partial charge >= 0.3 is 17.9 Å². The number of benzene rings is 5. The summed E-state index contributed by atoms with van der Waals surface area (Å²) in [6.45, 7) is 7.96. The summed E-state index contributed by atoms with van der Waals surface area (Å²) in [5, 5.41) is 14.8. The predicted molar refractivity (Wildman–Crippen MR) is 311 cm³/mol. The zero-order valence-corrected chi connectivity index (χ0v) is 47.0. The number of oxime groups is 1. The number of hydrogen-bond donors (Lipinski definition) is 3. The number of hydrogen-bond acceptors (Lipinski definition) is 17. The second kappa shape index (κ2) is 23.4. The van der Waals surface area contributed by atoms with Gasteiger partial charge in [-0.05, 0) is 87.1 Å². The van der Waals surface area contributed by atoms with Crippen molar-refractivity contribution in [2.24, 2.45) is 5.16 Å². The third-order valence-electron chi connectivity index (χ3n) is 13.1. The molecular formula is C61H54N8O9S3. The Morgan fingerprint density at radius 1 is 0.753 bits per heavy atom. The van der Waals surface area contributed by atoms with E-state index < -0.39 is 74.4 Å². The van der Waals surface area contributed by atoms with E-state index in [-0.39, 0.29) is 28.3 Å². The van der Waals surface area contributed by atoms with E-state index in [1.165, 1.54) is 31.4 Å². The van der Waals surface area contributed by atoms with Crippen molar-refractivity contribution in [2.45, 2.75) is 69.2 Å². The Labute approximate surface area is 477 Å². The van der Waals surface area contributed by atoms with Crippen LogP contribution in [0.5, 0.6) is 0 Å². The predicted octanol–water partition coefficient (Wildman–Crippen LogP) is 9.78. The number of carbonyl (C=O) groups excluding carboxylic acids is 5. The number of rotatable bonds is 18. The lowest BCUT2D eigenvalue weighted by Gasteiger charge is -2.49. The standard InChI is InChI=1S/C61H54N8O9S3/c1-59(2,3)77-56(74)60(4,5)78-68-48(46-36-79-58(65-46)67-61(40-24-12-7-13-25-40,41-26-14-8-15-27-41)42-28-16-9-17-29-42)51(70)66-49-52(71)69-50(55(73)76-54(72)44-31-19-18-23-39(44)33-38-21-10-6-11-22-38)45(37-81(75)53(49)69)47-35-63-57(80-47)64-43-30-20-32-62-34-43/h6-32,34-36,49,53H,33,37H2,1-5H3,(H,63,64)(H,65,67)(H,66,70). The van der Waals surface area contributed by atoms with Gasteiger partial charge in [-0.3, -0.25) is 23.7 Å². The van der Waals surface area contributed by atoms with Crippen molar-refractivity contribution in [1.82, 2.24) is 25.2 Å². The summed E-state index contributed by atoms with van der Waals surface area (Å²) in [4.78, 5) is 92.7. The number of ether oxygens (including phenoxy) is 2. The zero-order chi connectivity index (χ0) is 56.9. The van der Waals surface area contributed by atoms with Crippen LogP contribution < -0.4 is 16.0 Å². The lowest BCUT2D eigenvalue weighted by molar-refractivity contribution is -0.179. The van der Waals surface area contributed by atoms with Gasteiger partial charge < -0.3 is 30.3 Å². The molecule has 5 heterocycles. The van der Waals surface area contributed by atoms with Gasteiger partial charge in [-0.2, -0.15) is 0 Å². The largest absolute Gasteiger partial charge is 0.457 e. The summed E-state index contributed by atoms with van der Waals surface area (Å²) in [6, 6.07) is 47.7. The summed E-state index contributed by atoms with van der Waals surface area (Å²) in [7, 11) is -1.99. The minimum atomic E-state index is -1.99. The van der Waals surface area contributed by atoms with E-state index in [9.17, 15) is 28.2 Å². The number of esters is 3. The molecule has 3 N–H and O–H groups in total. The first-order chi connectivity index (χ1) is 39.0. The van der Waals surface area contributed by atoms with Crippen molar-refractivity contribution in [3.8, 4) is 0 Å². The van der Waals surface area contributed by atoms with Crippen LogP contribution in [-0.4, -0.2) is 87.9 Å². The number of anilines is 3. The Morgan fingerprint density at radius 3 is 1.99 bits per heavy atom. The molecule has 17 nitrogen and oxygen atoms in total. The van der Waals surface area contributed by atoms with Gasteiger partial charge in [0.1, 0.15) is 33.9 Å². The molecule has 410 valence electrons. The van der Waals surface area contributed by atoms with Crippen molar-refractivity contribution in [3.63, 3.8) is 0 Å². The minimum Gasteiger partial charge on any atom is -0.457 e. The number of amides is 2. The van der Waals surface area contributed by atoms with Crippen LogP contribution in [0.1, 0.15) is 83.4 Å². The molecule has 2 amide bonds. The molecule has 81 heavy (non-hydrogen) atoms. The van der Waals surface area contributed by atoms with E-state index in [0.717, 1.165) is 38.5 Å². The zero-order valence-electron chi connectivity index (χ0n) is 44.5. The van der Waals surface area contributed by atoms with Crippen LogP contribution in [0, 0.1) is 0 Å². The van der Waals surface area contributed by atoms with Crippen molar-refractivity contribution >= 4 is 90.4 Å². The van der Waals surface area contributed by atoms with Gasteiger partial charge in [0.15, 0.2) is 16.0 Å². The van der Waals surface area contributed by atoms with Gasteiger partial charge in [0, 0.05) is 23.3 Å². The average Bonchev–Trinajstić information content (AvgIpc) is 3.37. The van der Waals surface area contributed by atoms with E-state index in [2.05, 4.69) is 31.1 Å². The number of nitrogens with zero attached hydrogens (tertiary/aromatic N) is 5. The molecule has 1 saturated heterocycles. The highest BCUT2D eigenvalue weighted by atomic mass is 32.2. The Morgan fingerprint density at radius 2 is 1.37 bits per heavy atom. The first-order valence-corrected chi connectivity index (χ1v) is 28.7. The Kier molecular flexibility index (Phi) is 16.0. The third-order valence-corrected chi connectivity index (χ3v) is 16.4. The number of β-lactam (4-membered cyclic amide) rings is 1. The molecule has 8 aromatic rings. The molecule has 0 aliphatic carbocycles. The SMILES string of the molecule is CC(C)(C)OC(=O)C(C)(C)ON=C(C(=O)NC1C(=O)N2C(C(=O)OC(=O)c3ccccc3Cc3ccccc3)=C(c3cnc(Nc4cccnc4)s3)CS(=O)C12)c1csc(NC(c2ccccc2)(c2ccccc2)c2ccccc2)n1. The number of carbonyl (C=O) groups is 5. The van der Waals surface area contributed by atoms with Gasteiger partial charge in [-0.1, -0.05) is 156 Å². The number of nitrogens with one attached hydrogen (secondary N) is 3. The van der Waals surface area contributed by atoms with Gasteiger partial charge in [0.05, 0.1) is 38.9 Å². The normalized spacial score (nSPS) is 16.4. The fourth-order valence-electron chi connectivity index (χ4n) is 9.26. The molecule has 0 radical (unpaired) electrons. The Hall–Kier alpha value is -8.98. The molecule has 10 rings (SSSR count). The van der Waals surface area contributed by atoms with Crippen LogP contribution in [-0.2, 0) is 56.2 Å². The Balaban J connectivity index is 0.987. The summed E-state index contributed by atoms with van der Waals surface area (Å²) in [6.07, 6.45) is 5.04. The van der Waals surface area contributed by atoms with Gasteiger partial charge in [0.2, 0.25) is 5.60 Å². The van der Waals surface area contributed by atoms with Gasteiger partial charge in [-0.25, -0.2) is 24.4 Å². The minimum absolute atomic E-state index is 0.00475. The summed E-state index contributed by atoms with van der Waals surface area (Å²) < 4.78 is 25.9. The summed E-state index contributed by atoms with van der Waals surface area (Å²) >= 11 is 2.28. The molecule has 0 spiro atoms. The smallest absolute Gasteiger partial charge is 0.363 e. The molecule has 3 aromatic heterocycles. The second-order valence-electron chi connectivity index (χ2n) is 20.3. The quantitative estimate of drug-likeness (QED) is 0.0182. The maximum atomic E-state index is 14.9. The van der Waals surface area contributed by atoms with Crippen LogP contribution in [0.15, 0.2) is 193 Å². The van der Waals surface area contributed by atoms with Crippen molar-refractivity contribution in [1.29, 1.82) is 0 Å². The highest BCUT2D eigenvalue weighted by Gasteiger charge is 2.58. The molecule has 2 aliphatic heterocycles. The van der Waals surface area contributed by atoms with Gasteiger partial charge in [-0.15, -0.1) is 11.3 Å². The van der Waals surface area contributed by atoms with Gasteiger partial charge in [0.25, 0.3) is 11.8 Å². The second-order valence-corrected chi connectivity index (χ2v) is 23.8. The molecule has 0 saturated carbocycles. The van der Waals surface area contributed by atoms with Crippen molar-refractivity contribution in [2.75, 3.05) is 16.4 Å². The first kappa shape index (κ1) is 55.3. The number of thiazole rings is 2. The third kappa shape index (κ3) is 12.0. The monoisotopic (exact) mass is 1140 g/mol. The van der Waals surface area contributed by atoms with Crippen LogP contribution in [0.3, 0.4) is 0 Å². The number of pyridine rings is 1. The summed E-state index contributed by atoms with van der Waals surface area (Å²) in [5.41, 5.74) is 0.614. The van der Waals surface area contributed by atoms with Crippen LogP contribution in [0.2, 0.25) is 0 Å². The van der Waals surface area contributed by atoms with Crippen molar-refractivity contribution in [3.05, 3.63) is 231 Å². The first-order valence-electron chi connectivity index (χ1n) is 25.7. The van der Waals surface area contributed by atoms with E-state index >= 15 is 0 Å². The number of fused-ring (bicyclic) bond motifs is 1. The molecule has 1 fully saturated rings. The van der Waals surface area contributed by atoms with Crippen molar-refractivity contribution < 1.29 is 42.5 Å². The van der Waals surface area contributed by atoms with E-state index in [4.69, 9.17) is 19.3 Å². The lowest BCUT2D eigenvalue weighted by atomic mass is 9.77. The van der Waals surface area contributed by atoms with Crippen LogP contribution in [0.25, 0.3) is 5.57 Å². The topological polar surface area (TPSA) is 220 Å². The number of aromatic nitrogens is 3. The highest BCUT2D eigenvalue weighted by Crippen LogP contribution is 2.43. The molecule has 0 bridgehead atoms. The highest BCUT2D eigenvalue weighted by molar-refractivity contribution is 7.86. The maximum Gasteiger partial charge on any atom is 0.363 e. The molecule has 2 aliphatic rings. The van der Waals surface area contributed by atoms with Crippen LogP contribution in [0.4, 0.5) is 16.0 Å². The average molecular weight is 1140 g/mol. The molecule has 20 heteroatoms. The molecule has 5 aromatic carbocycles. The lowest BCUT2D eigenvalue weighted by Crippen LogP contribution is -2.74.